The van der Waals surface area contributed by atoms with E-state index in [1.165, 1.54) is 0 Å². The summed E-state index contributed by atoms with van der Waals surface area (Å²) in [5, 5.41) is 5.42. The van der Waals surface area contributed by atoms with Gasteiger partial charge in [0.1, 0.15) is 5.82 Å². The number of hydrogen-bond acceptors (Lipinski definition) is 4. The Hall–Kier alpha value is -1.88. The molecule has 0 radical (unpaired) electrons. The lowest BCUT2D eigenvalue weighted by Gasteiger charge is -2.15. The molecule has 0 aliphatic carbocycles. The van der Waals surface area contributed by atoms with Gasteiger partial charge in [-0.3, -0.25) is 0 Å². The van der Waals surface area contributed by atoms with Crippen molar-refractivity contribution in [2.45, 2.75) is 27.2 Å². The summed E-state index contributed by atoms with van der Waals surface area (Å²) in [6.07, 6.45) is 0.898. The quantitative estimate of drug-likeness (QED) is 0.782. The fraction of sp³-hybridized carbons (Fsp3) is 0.333. The summed E-state index contributed by atoms with van der Waals surface area (Å²) in [4.78, 5) is 4.59. The van der Waals surface area contributed by atoms with Crippen LogP contribution in [0.2, 0.25) is 0 Å². The summed E-state index contributed by atoms with van der Waals surface area (Å²) in [6, 6.07) is 10.0. The van der Waals surface area contributed by atoms with E-state index in [0.717, 1.165) is 27.5 Å². The molecule has 20 heavy (non-hydrogen) atoms. The highest BCUT2D eigenvalue weighted by atomic mass is 32.1. The summed E-state index contributed by atoms with van der Waals surface area (Å²) in [6.45, 7) is 6.58. The molecule has 0 saturated heterocycles. The van der Waals surface area contributed by atoms with Gasteiger partial charge in [-0.05, 0) is 24.0 Å². The average molecular weight is 286 g/mol. The number of nitrogen functional groups attached to an aromatic ring is 1. The summed E-state index contributed by atoms with van der Waals surface area (Å²) >= 11 is 1.61. The smallest absolute Gasteiger partial charge is 0.213 e. The first-order chi connectivity index (χ1) is 9.42. The van der Waals surface area contributed by atoms with Gasteiger partial charge in [0.25, 0.3) is 0 Å². The minimum absolute atomic E-state index is 0.194. The van der Waals surface area contributed by atoms with E-state index in [1.54, 1.807) is 16.0 Å². The summed E-state index contributed by atoms with van der Waals surface area (Å²) < 4.78 is 2.89. The SMILES string of the molecule is CC(C)(C)Cc1cc(N)n(-c2nc3ccccc3s2)n1. The third-order valence-corrected chi connectivity index (χ3v) is 3.97. The number of fused-ring (bicyclic) bond motifs is 1. The first-order valence-electron chi connectivity index (χ1n) is 6.63. The Morgan fingerprint density at radius 3 is 2.70 bits per heavy atom. The number of thiazole rings is 1. The van der Waals surface area contributed by atoms with Crippen molar-refractivity contribution in [2.24, 2.45) is 5.41 Å². The molecule has 0 fully saturated rings. The van der Waals surface area contributed by atoms with Crippen LogP contribution in [0.4, 0.5) is 5.82 Å². The van der Waals surface area contributed by atoms with Crippen LogP contribution in [0.25, 0.3) is 15.3 Å². The van der Waals surface area contributed by atoms with Crippen LogP contribution in [-0.4, -0.2) is 14.8 Å². The molecule has 0 aliphatic heterocycles. The highest BCUT2D eigenvalue weighted by Gasteiger charge is 2.17. The van der Waals surface area contributed by atoms with Crippen LogP contribution in [0, 0.1) is 5.41 Å². The predicted molar refractivity (Wildman–Crippen MR) is 84.3 cm³/mol. The molecule has 4 nitrogen and oxygen atoms in total. The van der Waals surface area contributed by atoms with Gasteiger partial charge in [0.05, 0.1) is 15.9 Å². The van der Waals surface area contributed by atoms with Crippen molar-refractivity contribution in [3.8, 4) is 5.13 Å². The Morgan fingerprint density at radius 1 is 1.25 bits per heavy atom. The van der Waals surface area contributed by atoms with Crippen LogP contribution in [-0.2, 0) is 6.42 Å². The molecule has 104 valence electrons. The molecule has 0 bridgehead atoms. The monoisotopic (exact) mass is 286 g/mol. The molecule has 0 unspecified atom stereocenters. The first kappa shape index (κ1) is 13.1. The van der Waals surface area contributed by atoms with Gasteiger partial charge in [-0.2, -0.15) is 9.78 Å². The zero-order valence-corrected chi connectivity index (χ0v) is 12.7. The van der Waals surface area contributed by atoms with Crippen molar-refractivity contribution in [3.05, 3.63) is 36.0 Å². The second-order valence-corrected chi connectivity index (χ2v) is 7.18. The van der Waals surface area contributed by atoms with Crippen LogP contribution in [0.1, 0.15) is 26.5 Å². The van der Waals surface area contributed by atoms with Crippen LogP contribution in [0.3, 0.4) is 0 Å². The van der Waals surface area contributed by atoms with Crippen molar-refractivity contribution in [1.29, 1.82) is 0 Å². The first-order valence-corrected chi connectivity index (χ1v) is 7.44. The van der Waals surface area contributed by atoms with Gasteiger partial charge in [0.15, 0.2) is 0 Å². The maximum atomic E-state index is 6.08. The maximum absolute atomic E-state index is 6.08. The molecule has 0 aliphatic rings. The molecular weight excluding hydrogens is 268 g/mol. The molecule has 2 heterocycles. The zero-order chi connectivity index (χ0) is 14.3. The van der Waals surface area contributed by atoms with E-state index in [4.69, 9.17) is 5.73 Å². The molecule has 2 aromatic heterocycles. The van der Waals surface area contributed by atoms with E-state index in [-0.39, 0.29) is 5.41 Å². The number of nitrogens with zero attached hydrogens (tertiary/aromatic N) is 3. The summed E-state index contributed by atoms with van der Waals surface area (Å²) in [5.41, 5.74) is 8.27. The van der Waals surface area contributed by atoms with E-state index in [9.17, 15) is 0 Å². The van der Waals surface area contributed by atoms with Gasteiger partial charge in [0, 0.05) is 6.07 Å². The van der Waals surface area contributed by atoms with Gasteiger partial charge >= 0.3 is 0 Å². The zero-order valence-electron chi connectivity index (χ0n) is 11.9. The number of aromatic nitrogens is 3. The number of hydrogen-bond donors (Lipinski definition) is 1. The van der Waals surface area contributed by atoms with E-state index >= 15 is 0 Å². The Bertz CT molecular complexity index is 716. The van der Waals surface area contributed by atoms with E-state index in [1.807, 2.05) is 24.3 Å². The highest BCUT2D eigenvalue weighted by Crippen LogP contribution is 2.27. The molecule has 3 aromatic rings. The van der Waals surface area contributed by atoms with Gasteiger partial charge < -0.3 is 5.73 Å². The van der Waals surface area contributed by atoms with Gasteiger partial charge in [-0.1, -0.05) is 44.2 Å². The van der Waals surface area contributed by atoms with Gasteiger partial charge in [-0.25, -0.2) is 4.98 Å². The molecule has 5 heteroatoms. The fourth-order valence-electron chi connectivity index (χ4n) is 2.18. The molecule has 0 spiro atoms. The molecule has 1 aromatic carbocycles. The van der Waals surface area contributed by atoms with E-state index in [2.05, 4.69) is 36.9 Å². The van der Waals surface area contributed by atoms with Crippen LogP contribution in [0.15, 0.2) is 30.3 Å². The van der Waals surface area contributed by atoms with E-state index in [0.29, 0.717) is 5.82 Å². The predicted octanol–water partition coefficient (Wildman–Crippen LogP) is 3.65. The number of benzene rings is 1. The minimum Gasteiger partial charge on any atom is -0.383 e. The summed E-state index contributed by atoms with van der Waals surface area (Å²) in [5.74, 6) is 0.642. The largest absolute Gasteiger partial charge is 0.383 e. The minimum atomic E-state index is 0.194. The van der Waals surface area contributed by atoms with Crippen molar-refractivity contribution in [1.82, 2.24) is 14.8 Å². The van der Waals surface area contributed by atoms with Crippen LogP contribution < -0.4 is 5.73 Å². The summed E-state index contributed by atoms with van der Waals surface area (Å²) in [7, 11) is 0. The Morgan fingerprint density at radius 2 is 2.00 bits per heavy atom. The van der Waals surface area contributed by atoms with Gasteiger partial charge in [0.2, 0.25) is 5.13 Å². The maximum Gasteiger partial charge on any atom is 0.213 e. The number of para-hydroxylation sites is 1. The molecule has 3 rings (SSSR count). The van der Waals surface area contributed by atoms with Crippen LogP contribution >= 0.6 is 11.3 Å². The third kappa shape index (κ3) is 2.54. The second kappa shape index (κ2) is 4.59. The number of rotatable bonds is 2. The molecule has 2 N–H and O–H groups in total. The Balaban J connectivity index is 2.01. The molecule has 0 saturated carbocycles. The molecule has 0 atom stereocenters. The number of anilines is 1. The van der Waals surface area contributed by atoms with Crippen molar-refractivity contribution in [3.63, 3.8) is 0 Å². The van der Waals surface area contributed by atoms with Crippen molar-refractivity contribution >= 4 is 27.4 Å². The van der Waals surface area contributed by atoms with Crippen molar-refractivity contribution in [2.75, 3.05) is 5.73 Å². The molecule has 0 amide bonds. The topological polar surface area (TPSA) is 56.7 Å². The Labute approximate surface area is 122 Å². The average Bonchev–Trinajstić information content (AvgIpc) is 2.90. The Kier molecular flexibility index (Phi) is 3.01. The fourth-order valence-corrected chi connectivity index (χ4v) is 3.12. The second-order valence-electron chi connectivity index (χ2n) is 6.17. The standard InChI is InChI=1S/C15H18N4S/c1-15(2,3)9-10-8-13(16)19(18-10)14-17-11-6-4-5-7-12(11)20-14/h4-8H,9,16H2,1-3H3. The van der Waals surface area contributed by atoms with Crippen molar-refractivity contribution < 1.29 is 0 Å². The number of nitrogens with two attached hydrogens (primary N) is 1. The lowest BCUT2D eigenvalue weighted by molar-refractivity contribution is 0.405. The third-order valence-electron chi connectivity index (χ3n) is 2.96. The highest BCUT2D eigenvalue weighted by molar-refractivity contribution is 7.20. The lowest BCUT2D eigenvalue weighted by atomic mass is 9.91. The van der Waals surface area contributed by atoms with Gasteiger partial charge in [-0.15, -0.1) is 0 Å². The van der Waals surface area contributed by atoms with Crippen LogP contribution in [0.5, 0.6) is 0 Å². The van der Waals surface area contributed by atoms with E-state index < -0.39 is 0 Å². The lowest BCUT2D eigenvalue weighted by Crippen LogP contribution is -2.10. The normalized spacial score (nSPS) is 12.2. The molecular formula is C15H18N4S.